The minimum atomic E-state index is -0.921. The van der Waals surface area contributed by atoms with Crippen LogP contribution in [0.5, 0.6) is 0 Å². The minimum absolute atomic E-state index is 0.139. The molecule has 2 nitrogen and oxygen atoms in total. The van der Waals surface area contributed by atoms with Gasteiger partial charge in [-0.15, -0.1) is 0 Å². The van der Waals surface area contributed by atoms with Gasteiger partial charge in [0.15, 0.2) is 0 Å². The third kappa shape index (κ3) is 2.57. The zero-order chi connectivity index (χ0) is 16.1. The second-order valence-corrected chi connectivity index (χ2v) is 8.53. The number of hydrogen-bond acceptors (Lipinski definition) is 2. The monoisotopic (exact) mass is 299 g/mol. The van der Waals surface area contributed by atoms with E-state index in [4.69, 9.17) is 0 Å². The van der Waals surface area contributed by atoms with E-state index >= 15 is 0 Å². The first-order chi connectivity index (χ1) is 10.2. The van der Waals surface area contributed by atoms with Crippen LogP contribution in [-0.2, 0) is 22.0 Å². The van der Waals surface area contributed by atoms with Gasteiger partial charge in [-0.1, -0.05) is 39.8 Å². The highest BCUT2D eigenvalue weighted by molar-refractivity contribution is 5.66. The van der Waals surface area contributed by atoms with Crippen LogP contribution in [0.15, 0.2) is 12.1 Å². The van der Waals surface area contributed by atoms with Gasteiger partial charge in [-0.2, -0.15) is 0 Å². The summed E-state index contributed by atoms with van der Waals surface area (Å²) in [4.78, 5) is 11.1. The molecule has 0 radical (unpaired) electrons. The van der Waals surface area contributed by atoms with Gasteiger partial charge in [-0.25, -0.2) is 0 Å². The van der Waals surface area contributed by atoms with Crippen LogP contribution in [0.3, 0.4) is 0 Å². The molecule has 0 heterocycles. The number of carbonyl (C=O) groups excluding carboxylic acids is 1. The Labute approximate surface area is 133 Å². The van der Waals surface area contributed by atoms with Crippen LogP contribution in [0.25, 0.3) is 0 Å². The Morgan fingerprint density at radius 1 is 1.14 bits per heavy atom. The molecular weight excluding hydrogens is 272 g/mol. The lowest BCUT2D eigenvalue weighted by molar-refractivity contribution is -0.306. The zero-order valence-corrected chi connectivity index (χ0v) is 14.3. The summed E-state index contributed by atoms with van der Waals surface area (Å²) in [5.74, 6) is -0.782. The molecule has 0 aromatic heterocycles. The summed E-state index contributed by atoms with van der Waals surface area (Å²) in [5.41, 5.74) is 5.98. The summed E-state index contributed by atoms with van der Waals surface area (Å²) in [5, 5.41) is 11.1. The summed E-state index contributed by atoms with van der Waals surface area (Å²) >= 11 is 0. The number of fused-ring (bicyclic) bond motifs is 2. The standard InChI is InChI=1S/C20H28O2/c1-19(2)8-9-20(3,4)17-12-15-13(10-16(17)19)6-5-7-14(15)11-18(21)22/h10,12,14H,5-9,11H2,1-4H3,(H,21,22)/p-1. The lowest BCUT2D eigenvalue weighted by Gasteiger charge is -2.43. The number of hydrogen-bond donors (Lipinski definition) is 0. The van der Waals surface area contributed by atoms with Gasteiger partial charge in [0.2, 0.25) is 0 Å². The molecule has 2 aliphatic rings. The first-order valence-electron chi connectivity index (χ1n) is 8.58. The number of aryl methyl sites for hydroxylation is 1. The predicted molar refractivity (Wildman–Crippen MR) is 87.0 cm³/mol. The van der Waals surface area contributed by atoms with Gasteiger partial charge in [0.05, 0.1) is 0 Å². The quantitative estimate of drug-likeness (QED) is 0.837. The molecule has 1 unspecified atom stereocenters. The molecule has 1 aromatic rings. The number of benzene rings is 1. The molecule has 0 saturated heterocycles. The van der Waals surface area contributed by atoms with Crippen LogP contribution in [0.2, 0.25) is 0 Å². The van der Waals surface area contributed by atoms with Crippen molar-refractivity contribution in [1.29, 1.82) is 0 Å². The van der Waals surface area contributed by atoms with Crippen LogP contribution < -0.4 is 5.11 Å². The smallest absolute Gasteiger partial charge is 0.0420 e. The van der Waals surface area contributed by atoms with Crippen molar-refractivity contribution in [1.82, 2.24) is 0 Å². The SMILES string of the molecule is CC1(C)CCC(C)(C)c2cc3c(cc21)CCCC3CC(=O)[O-]. The molecule has 3 rings (SSSR count). The molecule has 2 aliphatic carbocycles. The fourth-order valence-electron chi connectivity index (χ4n) is 4.38. The molecule has 1 atom stereocenters. The van der Waals surface area contributed by atoms with E-state index in [1.54, 1.807) is 0 Å². The van der Waals surface area contributed by atoms with Crippen molar-refractivity contribution in [3.63, 3.8) is 0 Å². The van der Waals surface area contributed by atoms with Crippen LogP contribution in [0, 0.1) is 0 Å². The van der Waals surface area contributed by atoms with Crippen molar-refractivity contribution in [2.45, 2.75) is 83.0 Å². The summed E-state index contributed by atoms with van der Waals surface area (Å²) < 4.78 is 0. The summed E-state index contributed by atoms with van der Waals surface area (Å²) in [6.45, 7) is 9.33. The summed E-state index contributed by atoms with van der Waals surface area (Å²) in [7, 11) is 0. The normalized spacial score (nSPS) is 25.2. The van der Waals surface area contributed by atoms with Gasteiger partial charge in [0.25, 0.3) is 0 Å². The third-order valence-electron chi connectivity index (χ3n) is 5.96. The van der Waals surface area contributed by atoms with Gasteiger partial charge in [0.1, 0.15) is 0 Å². The van der Waals surface area contributed by atoms with E-state index in [0.29, 0.717) is 0 Å². The van der Waals surface area contributed by atoms with E-state index in [9.17, 15) is 9.90 Å². The van der Waals surface area contributed by atoms with E-state index in [0.717, 1.165) is 19.3 Å². The lowest BCUT2D eigenvalue weighted by Crippen LogP contribution is -2.35. The fourth-order valence-corrected chi connectivity index (χ4v) is 4.38. The highest BCUT2D eigenvalue weighted by Gasteiger charge is 2.38. The molecule has 22 heavy (non-hydrogen) atoms. The van der Waals surface area contributed by atoms with Crippen LogP contribution in [0.4, 0.5) is 0 Å². The Morgan fingerprint density at radius 3 is 2.32 bits per heavy atom. The third-order valence-corrected chi connectivity index (χ3v) is 5.96. The fraction of sp³-hybridized carbons (Fsp3) is 0.650. The summed E-state index contributed by atoms with van der Waals surface area (Å²) in [6.07, 6.45) is 5.72. The Morgan fingerprint density at radius 2 is 1.73 bits per heavy atom. The first kappa shape index (κ1) is 15.6. The predicted octanol–water partition coefficient (Wildman–Crippen LogP) is 3.60. The maximum absolute atomic E-state index is 11.1. The van der Waals surface area contributed by atoms with Crippen LogP contribution in [-0.4, -0.2) is 5.97 Å². The molecule has 0 bridgehead atoms. The molecule has 1 aromatic carbocycles. The highest BCUT2D eigenvalue weighted by Crippen LogP contribution is 2.48. The topological polar surface area (TPSA) is 40.1 Å². The number of carboxylic acids is 1. The van der Waals surface area contributed by atoms with Crippen molar-refractivity contribution >= 4 is 5.97 Å². The lowest BCUT2D eigenvalue weighted by atomic mass is 9.61. The van der Waals surface area contributed by atoms with Crippen molar-refractivity contribution in [3.8, 4) is 0 Å². The Kier molecular flexibility index (Phi) is 3.62. The number of rotatable bonds is 2. The average Bonchev–Trinajstić information content (AvgIpc) is 2.43. The maximum atomic E-state index is 11.1. The molecule has 0 saturated carbocycles. The van der Waals surface area contributed by atoms with Crippen molar-refractivity contribution in [3.05, 3.63) is 34.4 Å². The van der Waals surface area contributed by atoms with Gasteiger partial charge in [-0.05, 0) is 77.5 Å². The molecule has 0 amide bonds. The molecular formula is C20H27O2-. The molecule has 2 heteroatoms. The van der Waals surface area contributed by atoms with E-state index in [1.807, 2.05) is 0 Å². The summed E-state index contributed by atoms with van der Waals surface area (Å²) in [6, 6.07) is 4.74. The molecule has 120 valence electrons. The van der Waals surface area contributed by atoms with E-state index in [-0.39, 0.29) is 23.2 Å². The number of carboxylic acid groups (broad SMARTS) is 1. The van der Waals surface area contributed by atoms with Crippen molar-refractivity contribution in [2.24, 2.45) is 0 Å². The van der Waals surface area contributed by atoms with Crippen LogP contribution in [0.1, 0.15) is 88.0 Å². The first-order valence-corrected chi connectivity index (χ1v) is 8.58. The average molecular weight is 299 g/mol. The maximum Gasteiger partial charge on any atom is 0.0420 e. The molecule has 0 aliphatic heterocycles. The zero-order valence-electron chi connectivity index (χ0n) is 14.3. The van der Waals surface area contributed by atoms with E-state index in [2.05, 4.69) is 39.8 Å². The van der Waals surface area contributed by atoms with Crippen LogP contribution >= 0.6 is 0 Å². The van der Waals surface area contributed by atoms with E-state index in [1.165, 1.54) is 35.1 Å². The van der Waals surface area contributed by atoms with Crippen molar-refractivity contribution in [2.75, 3.05) is 0 Å². The number of carbonyl (C=O) groups is 1. The molecule has 0 N–H and O–H groups in total. The molecule has 0 fully saturated rings. The van der Waals surface area contributed by atoms with Gasteiger partial charge < -0.3 is 9.90 Å². The van der Waals surface area contributed by atoms with Crippen molar-refractivity contribution < 1.29 is 9.90 Å². The molecule has 0 spiro atoms. The van der Waals surface area contributed by atoms with Gasteiger partial charge in [0, 0.05) is 5.97 Å². The second kappa shape index (κ2) is 5.11. The Balaban J connectivity index is 2.14. The van der Waals surface area contributed by atoms with Gasteiger partial charge in [-0.3, -0.25) is 0 Å². The van der Waals surface area contributed by atoms with Gasteiger partial charge >= 0.3 is 0 Å². The Bertz CT molecular complexity index is 610. The highest BCUT2D eigenvalue weighted by atomic mass is 16.4. The second-order valence-electron chi connectivity index (χ2n) is 8.53. The number of aliphatic carboxylic acids is 1. The van der Waals surface area contributed by atoms with E-state index < -0.39 is 5.97 Å². The Hall–Kier alpha value is -1.31. The largest absolute Gasteiger partial charge is 0.550 e. The minimum Gasteiger partial charge on any atom is -0.550 e.